The fourth-order valence-electron chi connectivity index (χ4n) is 1.39. The Hall–Kier alpha value is -2.64. The summed E-state index contributed by atoms with van der Waals surface area (Å²) in [7, 11) is 2.13. The number of hydrogen-bond donors (Lipinski definition) is 1. The predicted octanol–water partition coefficient (Wildman–Crippen LogP) is 0.750. The van der Waals surface area contributed by atoms with Crippen molar-refractivity contribution in [1.82, 2.24) is 0 Å². The standard InChI is InChI=1S/C10H10N2O6/c1-17-9(13)5-3-4-6(11)8(12(15)16)7(5)10(14)18-2/h3-4H,11H2,1-2H3. The molecule has 2 N–H and O–H groups in total. The van der Waals surface area contributed by atoms with E-state index in [1.165, 1.54) is 6.07 Å². The van der Waals surface area contributed by atoms with Gasteiger partial charge in [-0.15, -0.1) is 0 Å². The summed E-state index contributed by atoms with van der Waals surface area (Å²) in [6.07, 6.45) is 0. The normalized spacial score (nSPS) is 9.67. The first-order valence-electron chi connectivity index (χ1n) is 4.67. The summed E-state index contributed by atoms with van der Waals surface area (Å²) in [5.74, 6) is -1.92. The number of nitrogens with zero attached hydrogens (tertiary/aromatic N) is 1. The minimum absolute atomic E-state index is 0.243. The summed E-state index contributed by atoms with van der Waals surface area (Å²) < 4.78 is 8.85. The number of nitrogens with two attached hydrogens (primary N) is 1. The Morgan fingerprint density at radius 3 is 2.22 bits per heavy atom. The van der Waals surface area contributed by atoms with E-state index in [1.54, 1.807) is 0 Å². The molecule has 0 saturated heterocycles. The molecule has 0 saturated carbocycles. The molecule has 0 heterocycles. The number of carbonyl (C=O) groups excluding carboxylic acids is 2. The molecule has 0 spiro atoms. The van der Waals surface area contributed by atoms with Crippen LogP contribution in [0.3, 0.4) is 0 Å². The SMILES string of the molecule is COC(=O)c1ccc(N)c([N+](=O)[O-])c1C(=O)OC. The Kier molecular flexibility index (Phi) is 3.82. The molecular formula is C10H10N2O6. The van der Waals surface area contributed by atoms with E-state index in [2.05, 4.69) is 9.47 Å². The zero-order chi connectivity index (χ0) is 13.9. The van der Waals surface area contributed by atoms with Gasteiger partial charge >= 0.3 is 17.6 Å². The molecule has 0 fully saturated rings. The van der Waals surface area contributed by atoms with Crippen LogP contribution in [0.2, 0.25) is 0 Å². The third kappa shape index (κ3) is 2.21. The minimum atomic E-state index is -1.03. The van der Waals surface area contributed by atoms with Gasteiger partial charge in [-0.2, -0.15) is 0 Å². The van der Waals surface area contributed by atoms with E-state index in [1.807, 2.05) is 0 Å². The molecule has 0 atom stereocenters. The van der Waals surface area contributed by atoms with Crippen LogP contribution in [0.25, 0.3) is 0 Å². The molecule has 0 aliphatic heterocycles. The molecule has 1 rings (SSSR count). The summed E-state index contributed by atoms with van der Waals surface area (Å²) in [5, 5.41) is 10.9. The number of methoxy groups -OCH3 is 2. The molecule has 0 aliphatic rings. The molecule has 0 aliphatic carbocycles. The Bertz CT molecular complexity index is 525. The molecule has 8 heteroatoms. The zero-order valence-electron chi connectivity index (χ0n) is 9.63. The van der Waals surface area contributed by atoms with Crippen LogP contribution in [0.4, 0.5) is 11.4 Å². The van der Waals surface area contributed by atoms with Crippen molar-refractivity contribution in [2.45, 2.75) is 0 Å². The van der Waals surface area contributed by atoms with Crippen LogP contribution >= 0.6 is 0 Å². The Balaban J connectivity index is 3.64. The van der Waals surface area contributed by atoms with Gasteiger partial charge < -0.3 is 15.2 Å². The summed E-state index contributed by atoms with van der Waals surface area (Å²) >= 11 is 0. The summed E-state index contributed by atoms with van der Waals surface area (Å²) in [4.78, 5) is 33.0. The second-order valence-electron chi connectivity index (χ2n) is 3.17. The van der Waals surface area contributed by atoms with Crippen molar-refractivity contribution in [3.63, 3.8) is 0 Å². The maximum absolute atomic E-state index is 11.5. The van der Waals surface area contributed by atoms with E-state index in [-0.39, 0.29) is 11.3 Å². The maximum Gasteiger partial charge on any atom is 0.345 e. The summed E-state index contributed by atoms with van der Waals surface area (Å²) in [5.41, 5.74) is 3.71. The van der Waals surface area contributed by atoms with Crippen molar-refractivity contribution >= 4 is 23.3 Å². The molecule has 0 aromatic heterocycles. The smallest absolute Gasteiger partial charge is 0.345 e. The first-order valence-corrected chi connectivity index (χ1v) is 4.67. The van der Waals surface area contributed by atoms with Gasteiger partial charge in [-0.3, -0.25) is 10.1 Å². The quantitative estimate of drug-likeness (QED) is 0.365. The van der Waals surface area contributed by atoms with Crippen molar-refractivity contribution < 1.29 is 24.0 Å². The molecule has 18 heavy (non-hydrogen) atoms. The maximum atomic E-state index is 11.5. The number of benzene rings is 1. The average molecular weight is 254 g/mol. The monoisotopic (exact) mass is 254 g/mol. The third-order valence-corrected chi connectivity index (χ3v) is 2.19. The van der Waals surface area contributed by atoms with Crippen molar-refractivity contribution in [3.05, 3.63) is 33.4 Å². The highest BCUT2D eigenvalue weighted by atomic mass is 16.6. The highest BCUT2D eigenvalue weighted by molar-refractivity contribution is 6.07. The van der Waals surface area contributed by atoms with Crippen LogP contribution in [0.5, 0.6) is 0 Å². The molecule has 96 valence electrons. The number of carbonyl (C=O) groups is 2. The van der Waals surface area contributed by atoms with E-state index in [0.29, 0.717) is 0 Å². The van der Waals surface area contributed by atoms with Gasteiger partial charge in [0.1, 0.15) is 5.69 Å². The highest BCUT2D eigenvalue weighted by Crippen LogP contribution is 2.30. The van der Waals surface area contributed by atoms with Gasteiger partial charge in [0.15, 0.2) is 5.56 Å². The fourth-order valence-corrected chi connectivity index (χ4v) is 1.39. The number of esters is 2. The average Bonchev–Trinajstić information content (AvgIpc) is 2.35. The lowest BCUT2D eigenvalue weighted by Crippen LogP contribution is -2.15. The second-order valence-corrected chi connectivity index (χ2v) is 3.17. The molecule has 1 aromatic carbocycles. The Labute approximate surface area is 101 Å². The Morgan fingerprint density at radius 1 is 1.22 bits per heavy atom. The fraction of sp³-hybridized carbons (Fsp3) is 0.200. The number of hydrogen-bond acceptors (Lipinski definition) is 7. The summed E-state index contributed by atoms with van der Waals surface area (Å²) in [6.45, 7) is 0. The van der Waals surface area contributed by atoms with E-state index < -0.39 is 28.1 Å². The molecule has 0 radical (unpaired) electrons. The predicted molar refractivity (Wildman–Crippen MR) is 60.2 cm³/mol. The number of rotatable bonds is 3. The number of nitro groups is 1. The number of ether oxygens (including phenoxy) is 2. The first-order chi connectivity index (χ1) is 8.43. The van der Waals surface area contributed by atoms with E-state index in [9.17, 15) is 19.7 Å². The molecule has 1 aromatic rings. The van der Waals surface area contributed by atoms with Crippen LogP contribution in [0, 0.1) is 10.1 Å². The zero-order valence-corrected chi connectivity index (χ0v) is 9.63. The molecular weight excluding hydrogens is 244 g/mol. The number of nitrogen functional groups attached to an aromatic ring is 1. The largest absolute Gasteiger partial charge is 0.465 e. The van der Waals surface area contributed by atoms with Crippen LogP contribution < -0.4 is 5.73 Å². The minimum Gasteiger partial charge on any atom is -0.465 e. The van der Waals surface area contributed by atoms with E-state index >= 15 is 0 Å². The second kappa shape index (κ2) is 5.13. The van der Waals surface area contributed by atoms with Crippen LogP contribution in [0.15, 0.2) is 12.1 Å². The summed E-state index contributed by atoms with van der Waals surface area (Å²) in [6, 6.07) is 2.32. The lowest BCUT2D eigenvalue weighted by atomic mass is 10.0. The molecule has 0 unspecified atom stereocenters. The number of nitro benzene ring substituents is 1. The number of anilines is 1. The van der Waals surface area contributed by atoms with Gasteiger partial charge in [0, 0.05) is 0 Å². The van der Waals surface area contributed by atoms with Gasteiger partial charge in [-0.1, -0.05) is 0 Å². The van der Waals surface area contributed by atoms with E-state index in [0.717, 1.165) is 20.3 Å². The first kappa shape index (κ1) is 13.4. The van der Waals surface area contributed by atoms with Crippen molar-refractivity contribution in [2.75, 3.05) is 20.0 Å². The van der Waals surface area contributed by atoms with Crippen LogP contribution in [0.1, 0.15) is 20.7 Å². The van der Waals surface area contributed by atoms with E-state index in [4.69, 9.17) is 5.73 Å². The third-order valence-electron chi connectivity index (χ3n) is 2.19. The topological polar surface area (TPSA) is 122 Å². The van der Waals surface area contributed by atoms with Gasteiger partial charge in [0.2, 0.25) is 0 Å². The van der Waals surface area contributed by atoms with Gasteiger partial charge in [-0.05, 0) is 12.1 Å². The molecule has 0 bridgehead atoms. The van der Waals surface area contributed by atoms with Gasteiger partial charge in [0.05, 0.1) is 24.7 Å². The van der Waals surface area contributed by atoms with Crippen molar-refractivity contribution in [2.24, 2.45) is 0 Å². The van der Waals surface area contributed by atoms with Gasteiger partial charge in [-0.25, -0.2) is 9.59 Å². The van der Waals surface area contributed by atoms with Crippen molar-refractivity contribution in [1.29, 1.82) is 0 Å². The van der Waals surface area contributed by atoms with Crippen molar-refractivity contribution in [3.8, 4) is 0 Å². The van der Waals surface area contributed by atoms with Crippen LogP contribution in [-0.4, -0.2) is 31.1 Å². The Morgan fingerprint density at radius 2 is 1.78 bits per heavy atom. The lowest BCUT2D eigenvalue weighted by Gasteiger charge is -2.08. The van der Waals surface area contributed by atoms with Crippen LogP contribution in [-0.2, 0) is 9.47 Å². The lowest BCUT2D eigenvalue weighted by molar-refractivity contribution is -0.384. The highest BCUT2D eigenvalue weighted by Gasteiger charge is 2.31. The molecule has 8 nitrogen and oxygen atoms in total. The molecule has 0 amide bonds. The van der Waals surface area contributed by atoms with Gasteiger partial charge in [0.25, 0.3) is 0 Å².